The van der Waals surface area contributed by atoms with Crippen molar-refractivity contribution >= 4 is 28.9 Å². The van der Waals surface area contributed by atoms with Crippen LogP contribution in [0.15, 0.2) is 34.7 Å². The van der Waals surface area contributed by atoms with Crippen LogP contribution >= 0.6 is 23.1 Å². The first-order valence-corrected chi connectivity index (χ1v) is 15.5. The van der Waals surface area contributed by atoms with E-state index < -0.39 is 0 Å². The molecular formula is C30H34N6S2. The maximum atomic E-state index is 10.3. The zero-order valence-electron chi connectivity index (χ0n) is 22.0. The number of hydrogen-bond acceptors (Lipinski definition) is 8. The molecule has 1 saturated carbocycles. The Hall–Kier alpha value is -2.91. The summed E-state index contributed by atoms with van der Waals surface area (Å²) >= 11 is 3.20. The molecule has 1 aliphatic heterocycles. The van der Waals surface area contributed by atoms with Gasteiger partial charge in [-0.15, -0.1) is 11.3 Å². The largest absolute Gasteiger partial charge is 0.368 e. The highest BCUT2D eigenvalue weighted by Gasteiger charge is 2.28. The molecule has 38 heavy (non-hydrogen) atoms. The van der Waals surface area contributed by atoms with Crippen molar-refractivity contribution in [3.63, 3.8) is 0 Å². The van der Waals surface area contributed by atoms with E-state index in [0.29, 0.717) is 27.7 Å². The smallest absolute Gasteiger partial charge is 0.145 e. The van der Waals surface area contributed by atoms with E-state index in [2.05, 4.69) is 58.9 Å². The molecule has 2 aliphatic rings. The van der Waals surface area contributed by atoms with Crippen molar-refractivity contribution in [1.82, 2.24) is 14.9 Å². The van der Waals surface area contributed by atoms with Crippen molar-refractivity contribution in [2.24, 2.45) is 0 Å². The second-order valence-corrected chi connectivity index (χ2v) is 12.1. The fourth-order valence-electron chi connectivity index (χ4n) is 5.52. The molecule has 0 bridgehead atoms. The maximum absolute atomic E-state index is 10.3. The van der Waals surface area contributed by atoms with E-state index in [9.17, 15) is 10.5 Å². The number of nitrogens with zero attached hydrogens (tertiary/aromatic N) is 5. The monoisotopic (exact) mass is 542 g/mol. The minimum Gasteiger partial charge on any atom is -0.368 e. The molecule has 1 N–H and O–H groups in total. The lowest BCUT2D eigenvalue weighted by atomic mass is 9.80. The van der Waals surface area contributed by atoms with Crippen LogP contribution in [0.4, 0.5) is 5.82 Å². The van der Waals surface area contributed by atoms with Crippen LogP contribution in [0.5, 0.6) is 0 Å². The van der Waals surface area contributed by atoms with Crippen LogP contribution in [0.2, 0.25) is 0 Å². The van der Waals surface area contributed by atoms with Crippen molar-refractivity contribution in [2.45, 2.75) is 68.6 Å². The molecule has 2 fully saturated rings. The highest BCUT2D eigenvalue weighted by molar-refractivity contribution is 7.98. The van der Waals surface area contributed by atoms with Gasteiger partial charge in [-0.25, -0.2) is 9.97 Å². The first-order valence-electron chi connectivity index (χ1n) is 13.6. The summed E-state index contributed by atoms with van der Waals surface area (Å²) in [4.78, 5) is 12.2. The van der Waals surface area contributed by atoms with Crippen LogP contribution in [0.3, 0.4) is 0 Å². The Morgan fingerprint density at radius 3 is 2.45 bits per heavy atom. The lowest BCUT2D eigenvalue weighted by Crippen LogP contribution is -2.26. The number of thiazole rings is 1. The molecule has 8 heteroatoms. The number of rotatable bonds is 9. The number of nitriles is 2. The maximum Gasteiger partial charge on any atom is 0.145 e. The lowest BCUT2D eigenvalue weighted by Gasteiger charge is -2.26. The minimum atomic E-state index is 0.238. The summed E-state index contributed by atoms with van der Waals surface area (Å²) < 4.78 is 0. The molecule has 2 aromatic heterocycles. The second-order valence-electron chi connectivity index (χ2n) is 10.3. The summed E-state index contributed by atoms with van der Waals surface area (Å²) in [6, 6.07) is 13.3. The number of likely N-dealkylation sites (tertiary alicyclic amines) is 1. The molecule has 1 aromatic carbocycles. The highest BCUT2D eigenvalue weighted by atomic mass is 32.2. The average molecular weight is 543 g/mol. The third-order valence-corrected chi connectivity index (χ3v) is 9.52. The van der Waals surface area contributed by atoms with Crippen molar-refractivity contribution < 1.29 is 0 Å². The van der Waals surface area contributed by atoms with Gasteiger partial charge in [-0.2, -0.15) is 10.5 Å². The van der Waals surface area contributed by atoms with Gasteiger partial charge in [0.2, 0.25) is 0 Å². The summed E-state index contributed by atoms with van der Waals surface area (Å²) in [5.74, 6) is 1.50. The van der Waals surface area contributed by atoms with Crippen molar-refractivity contribution in [3.8, 4) is 22.7 Å². The fourth-order valence-corrected chi connectivity index (χ4v) is 7.34. The van der Waals surface area contributed by atoms with Crippen LogP contribution in [0.25, 0.3) is 10.6 Å². The minimum absolute atomic E-state index is 0.238. The zero-order valence-corrected chi connectivity index (χ0v) is 23.6. The predicted octanol–water partition coefficient (Wildman–Crippen LogP) is 7.10. The molecule has 0 amide bonds. The molecule has 1 aliphatic carbocycles. The van der Waals surface area contributed by atoms with Crippen LogP contribution < -0.4 is 5.32 Å². The molecule has 3 heterocycles. The zero-order chi connectivity index (χ0) is 26.3. The Bertz CT molecular complexity index is 1320. The predicted molar refractivity (Wildman–Crippen MR) is 156 cm³/mol. The standard InChI is InChI=1S/C30H34N6S2/c1-21-9-11-23(12-10-21)29-34-24(19-37-29)20-38-30-26(18-32)27(22-7-3-2-4-8-22)25(17-31)28(35-30)33-13-16-36-14-5-6-15-36/h9-12,19,22H,2-8,13-16,20H2,1H3,(H,33,35). The molecule has 6 nitrogen and oxygen atoms in total. The quantitative estimate of drug-likeness (QED) is 0.288. The van der Waals surface area contributed by atoms with E-state index in [1.807, 2.05) is 0 Å². The molecule has 0 spiro atoms. The van der Waals surface area contributed by atoms with Crippen LogP contribution in [-0.4, -0.2) is 41.0 Å². The van der Waals surface area contributed by atoms with E-state index >= 15 is 0 Å². The van der Waals surface area contributed by atoms with E-state index in [0.717, 1.165) is 73.7 Å². The van der Waals surface area contributed by atoms with Gasteiger partial charge in [0.1, 0.15) is 28.0 Å². The van der Waals surface area contributed by atoms with E-state index in [4.69, 9.17) is 9.97 Å². The topological polar surface area (TPSA) is 88.6 Å². The fraction of sp³-hybridized carbons (Fsp3) is 0.467. The summed E-state index contributed by atoms with van der Waals surface area (Å²) in [5, 5.41) is 27.8. The number of anilines is 1. The van der Waals surface area contributed by atoms with Gasteiger partial charge in [0.15, 0.2) is 0 Å². The number of thioether (sulfide) groups is 1. The van der Waals surface area contributed by atoms with Gasteiger partial charge < -0.3 is 10.2 Å². The highest BCUT2D eigenvalue weighted by Crippen LogP contribution is 2.41. The van der Waals surface area contributed by atoms with Crippen LogP contribution in [-0.2, 0) is 5.75 Å². The Morgan fingerprint density at radius 1 is 1.00 bits per heavy atom. The Kier molecular flexibility index (Phi) is 8.96. The molecule has 0 unspecified atom stereocenters. The second kappa shape index (κ2) is 12.8. The number of aryl methyl sites for hydroxylation is 1. The van der Waals surface area contributed by atoms with Gasteiger partial charge in [0.05, 0.1) is 16.8 Å². The summed E-state index contributed by atoms with van der Waals surface area (Å²) in [6.45, 7) is 6.05. The number of hydrogen-bond donors (Lipinski definition) is 1. The summed E-state index contributed by atoms with van der Waals surface area (Å²) in [5.41, 5.74) is 5.39. The van der Waals surface area contributed by atoms with Crippen molar-refractivity contribution in [2.75, 3.05) is 31.5 Å². The first kappa shape index (κ1) is 26.7. The summed E-state index contributed by atoms with van der Waals surface area (Å²) in [6.07, 6.45) is 8.07. The molecule has 1 saturated heterocycles. The SMILES string of the molecule is Cc1ccc(-c2nc(CSc3nc(NCCN4CCCC4)c(C#N)c(C4CCCCC4)c3C#N)cs2)cc1. The van der Waals surface area contributed by atoms with Gasteiger partial charge in [-0.3, -0.25) is 0 Å². The lowest BCUT2D eigenvalue weighted by molar-refractivity contribution is 0.352. The van der Waals surface area contributed by atoms with E-state index in [1.165, 1.54) is 24.8 Å². The Labute approximate surface area is 234 Å². The van der Waals surface area contributed by atoms with Gasteiger partial charge >= 0.3 is 0 Å². The summed E-state index contributed by atoms with van der Waals surface area (Å²) in [7, 11) is 0. The number of benzene rings is 1. The average Bonchev–Trinajstić information content (AvgIpc) is 3.65. The Morgan fingerprint density at radius 2 is 1.74 bits per heavy atom. The first-order chi connectivity index (χ1) is 18.7. The number of nitrogens with one attached hydrogen (secondary N) is 1. The molecule has 196 valence electrons. The van der Waals surface area contributed by atoms with Crippen LogP contribution in [0.1, 0.15) is 78.8 Å². The van der Waals surface area contributed by atoms with Gasteiger partial charge in [0.25, 0.3) is 0 Å². The van der Waals surface area contributed by atoms with Gasteiger partial charge in [-0.1, -0.05) is 60.9 Å². The third-order valence-electron chi connectivity index (χ3n) is 7.57. The third kappa shape index (κ3) is 6.21. The molecule has 0 radical (unpaired) electrons. The van der Waals surface area contributed by atoms with Gasteiger partial charge in [-0.05, 0) is 57.2 Å². The number of pyridine rings is 1. The molecule has 0 atom stereocenters. The molecule has 5 rings (SSSR count). The number of aromatic nitrogens is 2. The van der Waals surface area contributed by atoms with Crippen molar-refractivity contribution in [1.29, 1.82) is 10.5 Å². The van der Waals surface area contributed by atoms with Crippen LogP contribution in [0, 0.1) is 29.6 Å². The van der Waals surface area contributed by atoms with Gasteiger partial charge in [0, 0.05) is 29.8 Å². The normalized spacial score (nSPS) is 16.3. The van der Waals surface area contributed by atoms with E-state index in [1.54, 1.807) is 23.1 Å². The Balaban J connectivity index is 1.41. The molecular weight excluding hydrogens is 509 g/mol. The van der Waals surface area contributed by atoms with Crippen molar-refractivity contribution in [3.05, 3.63) is 57.6 Å². The molecule has 3 aromatic rings. The van der Waals surface area contributed by atoms with E-state index in [-0.39, 0.29) is 5.92 Å².